The number of rotatable bonds is 5. The maximum absolute atomic E-state index is 13.0. The van der Waals surface area contributed by atoms with E-state index in [4.69, 9.17) is 32.7 Å². The Morgan fingerprint density at radius 1 is 1.03 bits per heavy atom. The van der Waals surface area contributed by atoms with Crippen molar-refractivity contribution in [2.24, 2.45) is 4.99 Å². The minimum absolute atomic E-state index is 0.0531. The van der Waals surface area contributed by atoms with Crippen molar-refractivity contribution in [1.29, 1.82) is 0 Å². The molecule has 0 radical (unpaired) electrons. The normalized spacial score (nSPS) is 16.1. The van der Waals surface area contributed by atoms with Crippen molar-refractivity contribution in [3.8, 4) is 22.6 Å². The Morgan fingerprint density at radius 2 is 1.71 bits per heavy atom. The lowest BCUT2D eigenvalue weighted by atomic mass is 9.99. The lowest BCUT2D eigenvalue weighted by Gasteiger charge is -2.40. The Hall–Kier alpha value is -3.26. The highest BCUT2D eigenvalue weighted by molar-refractivity contribution is 6.41. The predicted octanol–water partition coefficient (Wildman–Crippen LogP) is 5.56. The number of hydrogen-bond donors (Lipinski definition) is 2. The molecule has 1 amide bonds. The smallest absolute Gasteiger partial charge is 0.256 e. The number of carbonyl (C=O) groups is 1. The van der Waals surface area contributed by atoms with E-state index in [2.05, 4.69) is 34.4 Å². The molecule has 7 nitrogen and oxygen atoms in total. The molecule has 38 heavy (non-hydrogen) atoms. The first-order valence-electron chi connectivity index (χ1n) is 12.4. The van der Waals surface area contributed by atoms with Crippen molar-refractivity contribution < 1.29 is 14.3 Å². The van der Waals surface area contributed by atoms with Crippen LogP contribution in [0.3, 0.4) is 0 Å². The number of piperazine rings is 1. The largest absolute Gasteiger partial charge is 0.495 e. The number of nitrogens with zero attached hydrogens (tertiary/aromatic N) is 2. The molecule has 5 rings (SSSR count). The minimum atomic E-state index is -0.198. The number of fused-ring (bicyclic) bond motifs is 1. The van der Waals surface area contributed by atoms with Crippen molar-refractivity contribution in [3.05, 3.63) is 75.3 Å². The number of nitrogens with one attached hydrogen (secondary N) is 2. The molecule has 1 saturated heterocycles. The number of anilines is 1. The third-order valence-corrected chi connectivity index (χ3v) is 7.68. The molecule has 3 aromatic carbocycles. The van der Waals surface area contributed by atoms with Crippen LogP contribution in [0.25, 0.3) is 11.1 Å². The SMILES string of the molecule is COc1cc(OC)c(Cl)c(-c2ccc3c(c2)CN=C3NC(=O)c2ccc(N3CCNC(C)(C)C3)cc2)c1Cl. The van der Waals surface area contributed by atoms with Gasteiger partial charge in [0.25, 0.3) is 5.91 Å². The number of carbonyl (C=O) groups excluding carboxylic acids is 1. The van der Waals surface area contributed by atoms with Gasteiger partial charge >= 0.3 is 0 Å². The van der Waals surface area contributed by atoms with Crippen LogP contribution in [-0.2, 0) is 6.54 Å². The number of halogens is 2. The predicted molar refractivity (Wildman–Crippen MR) is 153 cm³/mol. The highest BCUT2D eigenvalue weighted by Gasteiger charge is 2.26. The van der Waals surface area contributed by atoms with E-state index in [-0.39, 0.29) is 11.4 Å². The van der Waals surface area contributed by atoms with Crippen LogP contribution in [0.5, 0.6) is 11.5 Å². The molecule has 0 aromatic heterocycles. The van der Waals surface area contributed by atoms with Crippen LogP contribution in [0, 0.1) is 0 Å². The average molecular weight is 553 g/mol. The molecule has 0 bridgehead atoms. The van der Waals surface area contributed by atoms with Gasteiger partial charge in [0.15, 0.2) is 0 Å². The van der Waals surface area contributed by atoms with Gasteiger partial charge in [-0.3, -0.25) is 9.79 Å². The molecule has 198 valence electrons. The van der Waals surface area contributed by atoms with Gasteiger partial charge in [0.05, 0.1) is 30.8 Å². The summed E-state index contributed by atoms with van der Waals surface area (Å²) in [6.45, 7) is 7.60. The van der Waals surface area contributed by atoms with E-state index in [9.17, 15) is 4.79 Å². The summed E-state index contributed by atoms with van der Waals surface area (Å²) >= 11 is 13.2. The molecule has 2 aliphatic heterocycles. The van der Waals surface area contributed by atoms with Crippen LogP contribution in [0.1, 0.15) is 35.3 Å². The number of ether oxygens (including phenoxy) is 2. The number of methoxy groups -OCH3 is 2. The summed E-state index contributed by atoms with van der Waals surface area (Å²) in [5.41, 5.74) is 5.00. The third-order valence-electron chi connectivity index (χ3n) is 6.93. The number of amides is 1. The van der Waals surface area contributed by atoms with Gasteiger partial charge in [-0.05, 0) is 55.3 Å². The molecule has 0 aliphatic carbocycles. The summed E-state index contributed by atoms with van der Waals surface area (Å²) in [5.74, 6) is 1.29. The Labute approximate surface area is 232 Å². The Morgan fingerprint density at radius 3 is 2.34 bits per heavy atom. The van der Waals surface area contributed by atoms with Gasteiger partial charge < -0.3 is 25.0 Å². The first-order chi connectivity index (χ1) is 18.2. The van der Waals surface area contributed by atoms with Crippen LogP contribution < -0.4 is 25.0 Å². The second-order valence-corrected chi connectivity index (χ2v) is 10.8. The van der Waals surface area contributed by atoms with Gasteiger partial charge in [0.2, 0.25) is 0 Å². The number of hydrogen-bond acceptors (Lipinski definition) is 6. The van der Waals surface area contributed by atoms with Crippen LogP contribution >= 0.6 is 23.2 Å². The van der Waals surface area contributed by atoms with Crippen molar-refractivity contribution in [1.82, 2.24) is 10.6 Å². The van der Waals surface area contributed by atoms with Crippen LogP contribution in [0.15, 0.2) is 53.5 Å². The number of benzene rings is 3. The van der Waals surface area contributed by atoms with E-state index in [0.717, 1.165) is 42.0 Å². The van der Waals surface area contributed by atoms with Crippen molar-refractivity contribution in [3.63, 3.8) is 0 Å². The first kappa shape index (κ1) is 26.4. The van der Waals surface area contributed by atoms with Gasteiger partial charge in [0, 0.05) is 53.6 Å². The zero-order valence-electron chi connectivity index (χ0n) is 21.8. The average Bonchev–Trinajstić information content (AvgIpc) is 3.30. The quantitative estimate of drug-likeness (QED) is 0.433. The third kappa shape index (κ3) is 5.06. The van der Waals surface area contributed by atoms with Crippen LogP contribution in [-0.4, -0.2) is 51.1 Å². The minimum Gasteiger partial charge on any atom is -0.495 e. The van der Waals surface area contributed by atoms with Gasteiger partial charge in [-0.25, -0.2) is 0 Å². The monoisotopic (exact) mass is 552 g/mol. The Kier molecular flexibility index (Phi) is 7.27. The second kappa shape index (κ2) is 10.5. The van der Waals surface area contributed by atoms with Gasteiger partial charge in [-0.15, -0.1) is 0 Å². The standard InChI is InChI=1S/C29H30Cl2N4O3/c1-29(2)16-35(12-11-33-29)20-8-5-17(6-9-20)28(36)34-27-21-10-7-18(13-19(21)15-32-27)24-25(30)22(37-3)14-23(38-4)26(24)31/h5-10,13-14,33H,11-12,15-16H2,1-4H3,(H,32,34,36). The summed E-state index contributed by atoms with van der Waals surface area (Å²) in [6, 6.07) is 15.2. The summed E-state index contributed by atoms with van der Waals surface area (Å²) < 4.78 is 10.8. The molecule has 0 unspecified atom stereocenters. The summed E-state index contributed by atoms with van der Waals surface area (Å²) in [4.78, 5) is 20.0. The molecular weight excluding hydrogens is 523 g/mol. The lowest BCUT2D eigenvalue weighted by Crippen LogP contribution is -2.57. The fourth-order valence-electron chi connectivity index (χ4n) is 4.97. The van der Waals surface area contributed by atoms with Crippen LogP contribution in [0.2, 0.25) is 10.0 Å². The maximum Gasteiger partial charge on any atom is 0.256 e. The summed E-state index contributed by atoms with van der Waals surface area (Å²) in [6.07, 6.45) is 0. The molecule has 1 fully saturated rings. The number of aliphatic imine (C=N–C) groups is 1. The molecular formula is C29H30Cl2N4O3. The first-order valence-corrected chi connectivity index (χ1v) is 13.2. The van der Waals surface area contributed by atoms with E-state index < -0.39 is 0 Å². The van der Waals surface area contributed by atoms with Gasteiger partial charge in [-0.1, -0.05) is 35.3 Å². The Balaban J connectivity index is 1.33. The van der Waals surface area contributed by atoms with Crippen molar-refractivity contribution in [2.45, 2.75) is 25.9 Å². The highest BCUT2D eigenvalue weighted by Crippen LogP contribution is 2.46. The Bertz CT molecular complexity index is 1390. The number of amidine groups is 1. The second-order valence-electron chi connectivity index (χ2n) is 10.1. The van der Waals surface area contributed by atoms with E-state index in [1.165, 1.54) is 0 Å². The van der Waals surface area contributed by atoms with Gasteiger partial charge in [-0.2, -0.15) is 0 Å². The molecule has 9 heteroatoms. The van der Waals surface area contributed by atoms with E-state index in [0.29, 0.717) is 45.1 Å². The molecule has 0 atom stereocenters. The molecule has 0 spiro atoms. The van der Waals surface area contributed by atoms with Crippen LogP contribution in [0.4, 0.5) is 5.69 Å². The maximum atomic E-state index is 13.0. The topological polar surface area (TPSA) is 75.2 Å². The molecule has 2 heterocycles. The zero-order chi connectivity index (χ0) is 27.0. The molecule has 0 saturated carbocycles. The van der Waals surface area contributed by atoms with E-state index in [1.807, 2.05) is 42.5 Å². The molecule has 2 N–H and O–H groups in total. The zero-order valence-corrected chi connectivity index (χ0v) is 23.3. The van der Waals surface area contributed by atoms with Gasteiger partial charge in [0.1, 0.15) is 17.3 Å². The van der Waals surface area contributed by atoms with E-state index >= 15 is 0 Å². The summed E-state index contributed by atoms with van der Waals surface area (Å²) in [7, 11) is 3.09. The fraction of sp³-hybridized carbons (Fsp3) is 0.310. The highest BCUT2D eigenvalue weighted by atomic mass is 35.5. The van der Waals surface area contributed by atoms with E-state index in [1.54, 1.807) is 20.3 Å². The molecule has 3 aromatic rings. The molecule has 2 aliphatic rings. The summed E-state index contributed by atoms with van der Waals surface area (Å²) in [5, 5.41) is 7.30. The lowest BCUT2D eigenvalue weighted by molar-refractivity contribution is 0.0977. The van der Waals surface area contributed by atoms with Crippen molar-refractivity contribution >= 4 is 40.6 Å². The fourth-order valence-corrected chi connectivity index (χ4v) is 5.69. The van der Waals surface area contributed by atoms with Crippen molar-refractivity contribution in [2.75, 3.05) is 38.8 Å².